The Morgan fingerprint density at radius 2 is 1.76 bits per heavy atom. The number of rotatable bonds is 5. The number of hydrogen-bond acceptors (Lipinski definition) is 6. The number of aromatic hydroxyl groups is 1. The van der Waals surface area contributed by atoms with Gasteiger partial charge in [0.05, 0.1) is 17.6 Å². The molecule has 0 aliphatic carbocycles. The fraction of sp³-hybridized carbons (Fsp3) is 0.393. The molecule has 2 saturated heterocycles. The number of nitrogens with zero attached hydrogens (tertiary/aromatic N) is 4. The first-order valence-corrected chi connectivity index (χ1v) is 12.5. The Morgan fingerprint density at radius 1 is 1.08 bits per heavy atom. The van der Waals surface area contributed by atoms with Crippen LogP contribution in [0.5, 0.6) is 5.75 Å². The van der Waals surface area contributed by atoms with E-state index < -0.39 is 17.7 Å². The Kier molecular flexibility index (Phi) is 6.19. The summed E-state index contributed by atoms with van der Waals surface area (Å²) >= 11 is 0. The van der Waals surface area contributed by atoms with Crippen LogP contribution < -0.4 is 4.90 Å². The molecule has 0 bridgehead atoms. The summed E-state index contributed by atoms with van der Waals surface area (Å²) in [6.45, 7) is 8.90. The van der Waals surface area contributed by atoms with Crippen molar-refractivity contribution in [3.8, 4) is 17.0 Å². The second-order valence-electron chi connectivity index (χ2n) is 10.9. The lowest BCUT2D eigenvalue weighted by atomic mass is 9.91. The normalized spacial score (nSPS) is 17.8. The number of phenols is 1. The second-order valence-corrected chi connectivity index (χ2v) is 10.9. The van der Waals surface area contributed by atoms with Gasteiger partial charge in [-0.05, 0) is 57.2 Å². The van der Waals surface area contributed by atoms with Crippen LogP contribution in [0.4, 0.5) is 10.5 Å². The molecule has 0 radical (unpaired) electrons. The van der Waals surface area contributed by atoms with Crippen molar-refractivity contribution in [2.45, 2.75) is 51.3 Å². The Morgan fingerprint density at radius 3 is 2.38 bits per heavy atom. The molecule has 2 N–H and O–H groups in total. The van der Waals surface area contributed by atoms with Crippen molar-refractivity contribution in [1.82, 2.24) is 14.7 Å². The third-order valence-corrected chi connectivity index (χ3v) is 7.19. The van der Waals surface area contributed by atoms with Crippen LogP contribution in [-0.4, -0.2) is 62.2 Å². The van der Waals surface area contributed by atoms with Crippen LogP contribution in [0.3, 0.4) is 0 Å². The largest absolute Gasteiger partial charge is 0.507 e. The van der Waals surface area contributed by atoms with E-state index in [1.807, 2.05) is 16.8 Å². The molecular weight excluding hydrogens is 472 g/mol. The van der Waals surface area contributed by atoms with Crippen LogP contribution in [0.2, 0.25) is 0 Å². The summed E-state index contributed by atoms with van der Waals surface area (Å²) in [5, 5.41) is 24.5. The maximum Gasteiger partial charge on any atom is 0.415 e. The smallest absolute Gasteiger partial charge is 0.415 e. The second kappa shape index (κ2) is 9.23. The molecule has 0 saturated carbocycles. The summed E-state index contributed by atoms with van der Waals surface area (Å²) in [6.07, 6.45) is 3.05. The molecule has 9 heteroatoms. The highest BCUT2D eigenvalue weighted by Gasteiger charge is 2.47. The Bertz CT molecular complexity index is 1320. The summed E-state index contributed by atoms with van der Waals surface area (Å²) in [7, 11) is 0. The standard InChI is InChI=1S/C28H32N4O5/c1-27(2,3)32-17-20(24(29-32)22-6-4-5-7-23(22)33)16-30-14-12-28(13-15-30)18-31(26(36)37-28)21-10-8-19(9-11-21)25(34)35/h4-11,17,33H,12-16,18H2,1-3H3,(H,34,35). The third kappa shape index (κ3) is 4.91. The number of aromatic carboxylic acids is 1. The number of carboxylic acid groups (broad SMARTS) is 1. The zero-order chi connectivity index (χ0) is 26.4. The monoisotopic (exact) mass is 504 g/mol. The number of carbonyl (C=O) groups excluding carboxylic acids is 1. The molecule has 3 heterocycles. The zero-order valence-corrected chi connectivity index (χ0v) is 21.3. The Hall–Kier alpha value is -3.85. The first-order chi connectivity index (χ1) is 17.5. The number of piperidine rings is 1. The van der Waals surface area contributed by atoms with Crippen LogP contribution in [-0.2, 0) is 16.8 Å². The van der Waals surface area contributed by atoms with Gasteiger partial charge in [0, 0.05) is 55.5 Å². The molecule has 0 unspecified atom stereocenters. The molecular formula is C28H32N4O5. The number of benzene rings is 2. The van der Waals surface area contributed by atoms with E-state index in [0.29, 0.717) is 37.2 Å². The van der Waals surface area contributed by atoms with Gasteiger partial charge in [0.1, 0.15) is 17.0 Å². The zero-order valence-electron chi connectivity index (χ0n) is 21.3. The molecule has 0 atom stereocenters. The first-order valence-electron chi connectivity index (χ1n) is 12.5. The summed E-state index contributed by atoms with van der Waals surface area (Å²) in [5.41, 5.74) is 2.58. The van der Waals surface area contributed by atoms with Gasteiger partial charge in [0.25, 0.3) is 0 Å². The van der Waals surface area contributed by atoms with Gasteiger partial charge in [-0.3, -0.25) is 14.5 Å². The van der Waals surface area contributed by atoms with Gasteiger partial charge in [0.2, 0.25) is 0 Å². The molecule has 37 heavy (non-hydrogen) atoms. The number of aromatic nitrogens is 2. The van der Waals surface area contributed by atoms with Crippen molar-refractivity contribution in [3.63, 3.8) is 0 Å². The lowest BCUT2D eigenvalue weighted by molar-refractivity contribution is -0.000950. The number of hydrogen-bond donors (Lipinski definition) is 2. The molecule has 2 aliphatic heterocycles. The number of carboxylic acids is 1. The number of para-hydroxylation sites is 1. The summed E-state index contributed by atoms with van der Waals surface area (Å²) in [4.78, 5) is 27.8. The van der Waals surface area contributed by atoms with Crippen LogP contribution in [0.25, 0.3) is 11.3 Å². The van der Waals surface area contributed by atoms with Crippen molar-refractivity contribution in [2.24, 2.45) is 0 Å². The molecule has 3 aromatic rings. The average molecular weight is 505 g/mol. The van der Waals surface area contributed by atoms with Gasteiger partial charge in [-0.15, -0.1) is 0 Å². The Labute approximate surface area is 215 Å². The van der Waals surface area contributed by atoms with Crippen LogP contribution >= 0.6 is 0 Å². The van der Waals surface area contributed by atoms with E-state index in [9.17, 15) is 14.7 Å². The minimum absolute atomic E-state index is 0.178. The van der Waals surface area contributed by atoms with E-state index in [2.05, 4.69) is 31.9 Å². The van der Waals surface area contributed by atoms with Gasteiger partial charge in [-0.2, -0.15) is 5.10 Å². The highest BCUT2D eigenvalue weighted by Crippen LogP contribution is 2.37. The van der Waals surface area contributed by atoms with Gasteiger partial charge in [-0.25, -0.2) is 9.59 Å². The van der Waals surface area contributed by atoms with E-state index >= 15 is 0 Å². The molecule has 1 spiro atoms. The summed E-state index contributed by atoms with van der Waals surface area (Å²) in [5.74, 6) is -0.798. The van der Waals surface area contributed by atoms with Gasteiger partial charge in [0.15, 0.2) is 0 Å². The van der Waals surface area contributed by atoms with Crippen LogP contribution in [0, 0.1) is 0 Å². The summed E-state index contributed by atoms with van der Waals surface area (Å²) < 4.78 is 7.83. The van der Waals surface area contributed by atoms with Gasteiger partial charge in [-0.1, -0.05) is 12.1 Å². The topological polar surface area (TPSA) is 108 Å². The molecule has 1 aromatic heterocycles. The van der Waals surface area contributed by atoms with E-state index in [0.717, 1.165) is 24.3 Å². The van der Waals surface area contributed by atoms with Crippen LogP contribution in [0.15, 0.2) is 54.7 Å². The highest BCUT2D eigenvalue weighted by molar-refractivity contribution is 5.92. The molecule has 194 valence electrons. The van der Waals surface area contributed by atoms with Crippen LogP contribution in [0.1, 0.15) is 49.5 Å². The number of carbonyl (C=O) groups is 2. The molecule has 2 aliphatic rings. The first kappa shape index (κ1) is 24.8. The van der Waals surface area contributed by atoms with Gasteiger partial charge < -0.3 is 14.9 Å². The quantitative estimate of drug-likeness (QED) is 0.518. The minimum atomic E-state index is -1.00. The number of anilines is 1. The number of phenolic OH excluding ortho intramolecular Hbond substituents is 1. The number of amides is 1. The molecule has 5 rings (SSSR count). The van der Waals surface area contributed by atoms with Crippen molar-refractivity contribution in [1.29, 1.82) is 0 Å². The van der Waals surface area contributed by atoms with Crippen molar-refractivity contribution in [3.05, 3.63) is 65.9 Å². The van der Waals surface area contributed by atoms with E-state index in [-0.39, 0.29) is 16.9 Å². The predicted octanol–water partition coefficient (Wildman–Crippen LogP) is 4.70. The molecule has 1 amide bonds. The number of likely N-dealkylation sites (tertiary alicyclic amines) is 1. The minimum Gasteiger partial charge on any atom is -0.507 e. The summed E-state index contributed by atoms with van der Waals surface area (Å²) in [6, 6.07) is 13.5. The third-order valence-electron chi connectivity index (χ3n) is 7.19. The average Bonchev–Trinajstić information content (AvgIpc) is 3.42. The van der Waals surface area contributed by atoms with Crippen molar-refractivity contribution < 1.29 is 24.5 Å². The lowest BCUT2D eigenvalue weighted by Gasteiger charge is -2.37. The van der Waals surface area contributed by atoms with Crippen molar-refractivity contribution >= 4 is 17.7 Å². The molecule has 2 aromatic carbocycles. The molecule has 2 fully saturated rings. The SMILES string of the molecule is CC(C)(C)n1cc(CN2CCC3(CC2)CN(c2ccc(C(=O)O)cc2)C(=O)O3)c(-c2ccccc2O)n1. The van der Waals surface area contributed by atoms with Crippen molar-refractivity contribution in [2.75, 3.05) is 24.5 Å². The number of ether oxygens (including phenoxy) is 1. The lowest BCUT2D eigenvalue weighted by Crippen LogP contribution is -2.46. The van der Waals surface area contributed by atoms with E-state index in [4.69, 9.17) is 14.9 Å². The van der Waals surface area contributed by atoms with Gasteiger partial charge >= 0.3 is 12.1 Å². The fourth-order valence-corrected chi connectivity index (χ4v) is 5.00. The highest BCUT2D eigenvalue weighted by atomic mass is 16.6. The molecule has 9 nitrogen and oxygen atoms in total. The predicted molar refractivity (Wildman–Crippen MR) is 139 cm³/mol. The maximum atomic E-state index is 12.7. The van der Waals surface area contributed by atoms with E-state index in [1.165, 1.54) is 12.1 Å². The Balaban J connectivity index is 1.30. The fourth-order valence-electron chi connectivity index (χ4n) is 5.00. The maximum absolute atomic E-state index is 12.7. The van der Waals surface area contributed by atoms with E-state index in [1.54, 1.807) is 29.2 Å².